The lowest BCUT2D eigenvalue weighted by atomic mass is 10.1. The number of benzene rings is 2. The molecule has 0 heterocycles. The normalized spacial score (nSPS) is 10.3. The van der Waals surface area contributed by atoms with Crippen LogP contribution in [0.1, 0.15) is 10.4 Å². The molecule has 1 amide bonds. The molecule has 0 aliphatic heterocycles. The van der Waals surface area contributed by atoms with E-state index in [0.29, 0.717) is 10.8 Å². The molecule has 0 unspecified atom stereocenters. The number of amides is 1. The molecule has 0 radical (unpaired) electrons. The second kappa shape index (κ2) is 7.99. The second-order valence-corrected chi connectivity index (χ2v) is 5.82. The van der Waals surface area contributed by atoms with E-state index in [-0.39, 0.29) is 29.4 Å². The maximum absolute atomic E-state index is 12.4. The molecule has 0 atom stereocenters. The van der Waals surface area contributed by atoms with Crippen LogP contribution in [0.2, 0.25) is 10.0 Å². The number of nitro groups is 1. The number of hydrogen-bond donors (Lipinski definition) is 0. The number of halogens is 2. The maximum Gasteiger partial charge on any atom is 0.283 e. The monoisotopic (exact) mass is 368 g/mol. The lowest BCUT2D eigenvalue weighted by Crippen LogP contribution is -2.31. The van der Waals surface area contributed by atoms with Crippen LogP contribution in [0.3, 0.4) is 0 Å². The van der Waals surface area contributed by atoms with Crippen LogP contribution in [0.15, 0.2) is 42.5 Å². The first kappa shape index (κ1) is 18.0. The number of hydrogen-bond acceptors (Lipinski definition) is 4. The van der Waals surface area contributed by atoms with Crippen molar-refractivity contribution in [1.29, 1.82) is 0 Å². The molecule has 24 heavy (non-hydrogen) atoms. The van der Waals surface area contributed by atoms with Crippen molar-refractivity contribution in [2.24, 2.45) is 0 Å². The Labute approximate surface area is 148 Å². The van der Waals surface area contributed by atoms with Gasteiger partial charge in [-0.25, -0.2) is 0 Å². The number of carbonyl (C=O) groups is 1. The molecule has 0 aliphatic carbocycles. The molecule has 6 nitrogen and oxygen atoms in total. The predicted octanol–water partition coefficient (Wildman–Crippen LogP) is 4.05. The number of rotatable bonds is 6. The fourth-order valence-corrected chi connectivity index (χ4v) is 2.35. The van der Waals surface area contributed by atoms with E-state index in [1.54, 1.807) is 31.3 Å². The van der Waals surface area contributed by atoms with Crippen molar-refractivity contribution >= 4 is 34.8 Å². The van der Waals surface area contributed by atoms with E-state index >= 15 is 0 Å². The molecule has 0 aromatic heterocycles. The van der Waals surface area contributed by atoms with Gasteiger partial charge in [-0.3, -0.25) is 14.9 Å². The quantitative estimate of drug-likeness (QED) is 0.569. The number of nitro benzene ring substituents is 1. The van der Waals surface area contributed by atoms with Gasteiger partial charge < -0.3 is 9.64 Å². The molecule has 2 rings (SSSR count). The lowest BCUT2D eigenvalue weighted by molar-refractivity contribution is -0.385. The summed E-state index contributed by atoms with van der Waals surface area (Å²) in [5.41, 5.74) is -0.343. The Bertz CT molecular complexity index is 767. The van der Waals surface area contributed by atoms with Crippen LogP contribution in [0.25, 0.3) is 0 Å². The highest BCUT2D eigenvalue weighted by atomic mass is 35.5. The summed E-state index contributed by atoms with van der Waals surface area (Å²) in [6.07, 6.45) is 0. The van der Waals surface area contributed by atoms with Crippen molar-refractivity contribution in [1.82, 2.24) is 4.90 Å². The van der Waals surface area contributed by atoms with Crippen LogP contribution < -0.4 is 4.74 Å². The van der Waals surface area contributed by atoms with Crippen LogP contribution in [-0.4, -0.2) is 35.9 Å². The van der Waals surface area contributed by atoms with Gasteiger partial charge in [-0.1, -0.05) is 29.3 Å². The van der Waals surface area contributed by atoms with Gasteiger partial charge in [0.05, 0.1) is 11.5 Å². The second-order valence-electron chi connectivity index (χ2n) is 4.95. The summed E-state index contributed by atoms with van der Waals surface area (Å²) in [6, 6.07) is 10.8. The third-order valence-corrected chi connectivity index (χ3v) is 3.70. The smallest absolute Gasteiger partial charge is 0.283 e. The molecule has 0 fully saturated rings. The zero-order chi connectivity index (χ0) is 17.7. The van der Waals surface area contributed by atoms with Crippen LogP contribution in [0.5, 0.6) is 5.75 Å². The Balaban J connectivity index is 2.01. The molecule has 0 bridgehead atoms. The van der Waals surface area contributed by atoms with Gasteiger partial charge in [0, 0.05) is 23.2 Å². The maximum atomic E-state index is 12.4. The van der Waals surface area contributed by atoms with Crippen LogP contribution in [0, 0.1) is 10.1 Å². The molecule has 0 saturated carbocycles. The summed E-state index contributed by atoms with van der Waals surface area (Å²) >= 11 is 11.6. The molecule has 2 aromatic carbocycles. The lowest BCUT2D eigenvalue weighted by Gasteiger charge is -2.17. The number of ether oxygens (including phenoxy) is 1. The van der Waals surface area contributed by atoms with E-state index in [2.05, 4.69) is 0 Å². The van der Waals surface area contributed by atoms with Gasteiger partial charge in [-0.15, -0.1) is 0 Å². The van der Waals surface area contributed by atoms with Gasteiger partial charge >= 0.3 is 0 Å². The average molecular weight is 369 g/mol. The predicted molar refractivity (Wildman–Crippen MR) is 92.0 cm³/mol. The molecule has 0 saturated heterocycles. The van der Waals surface area contributed by atoms with Gasteiger partial charge in [0.1, 0.15) is 17.9 Å². The van der Waals surface area contributed by atoms with Gasteiger partial charge in [0.2, 0.25) is 0 Å². The van der Waals surface area contributed by atoms with E-state index in [9.17, 15) is 14.9 Å². The molecular weight excluding hydrogens is 355 g/mol. The van der Waals surface area contributed by atoms with Crippen molar-refractivity contribution < 1.29 is 14.5 Å². The van der Waals surface area contributed by atoms with E-state index in [1.165, 1.54) is 17.0 Å². The SMILES string of the molecule is CN(CCOc1cccc(Cl)c1)C(=O)c1ccc(Cl)cc1[N+](=O)[O-]. The van der Waals surface area contributed by atoms with Crippen LogP contribution in [-0.2, 0) is 0 Å². The van der Waals surface area contributed by atoms with Crippen LogP contribution in [0.4, 0.5) is 5.69 Å². The molecule has 0 N–H and O–H groups in total. The first-order chi connectivity index (χ1) is 11.4. The largest absolute Gasteiger partial charge is 0.492 e. The molecule has 8 heteroatoms. The Hall–Kier alpha value is -2.31. The van der Waals surface area contributed by atoms with Gasteiger partial charge in [0.15, 0.2) is 0 Å². The van der Waals surface area contributed by atoms with E-state index in [1.807, 2.05) is 0 Å². The zero-order valence-electron chi connectivity index (χ0n) is 12.7. The van der Waals surface area contributed by atoms with Crippen molar-refractivity contribution in [3.63, 3.8) is 0 Å². The minimum atomic E-state index is -0.630. The van der Waals surface area contributed by atoms with Crippen LogP contribution >= 0.6 is 23.2 Å². The zero-order valence-corrected chi connectivity index (χ0v) is 14.3. The Morgan fingerprint density at radius 1 is 1.21 bits per heavy atom. The van der Waals surface area contributed by atoms with Crippen molar-refractivity contribution in [3.8, 4) is 5.75 Å². The molecule has 0 aliphatic rings. The highest BCUT2D eigenvalue weighted by molar-refractivity contribution is 6.31. The van der Waals surface area contributed by atoms with Gasteiger partial charge in [-0.2, -0.15) is 0 Å². The summed E-state index contributed by atoms with van der Waals surface area (Å²) in [5, 5.41) is 11.8. The topological polar surface area (TPSA) is 72.7 Å². The van der Waals surface area contributed by atoms with E-state index < -0.39 is 10.8 Å². The Morgan fingerprint density at radius 2 is 1.92 bits per heavy atom. The van der Waals surface area contributed by atoms with Gasteiger partial charge in [-0.05, 0) is 30.3 Å². The summed E-state index contributed by atoms with van der Waals surface area (Å²) < 4.78 is 5.51. The molecule has 126 valence electrons. The van der Waals surface area contributed by atoms with E-state index in [4.69, 9.17) is 27.9 Å². The fraction of sp³-hybridized carbons (Fsp3) is 0.188. The molecule has 2 aromatic rings. The average Bonchev–Trinajstić information content (AvgIpc) is 2.54. The fourth-order valence-electron chi connectivity index (χ4n) is 2.00. The van der Waals surface area contributed by atoms with Gasteiger partial charge in [0.25, 0.3) is 11.6 Å². The summed E-state index contributed by atoms with van der Waals surface area (Å²) in [7, 11) is 1.54. The number of carbonyl (C=O) groups excluding carboxylic acids is 1. The van der Waals surface area contributed by atoms with Crippen molar-refractivity contribution in [2.45, 2.75) is 0 Å². The summed E-state index contributed by atoms with van der Waals surface area (Å²) in [4.78, 5) is 24.2. The first-order valence-electron chi connectivity index (χ1n) is 6.96. The minimum Gasteiger partial charge on any atom is -0.492 e. The number of nitrogens with zero attached hydrogens (tertiary/aromatic N) is 2. The summed E-state index contributed by atoms with van der Waals surface area (Å²) in [6.45, 7) is 0.481. The van der Waals surface area contributed by atoms with E-state index in [0.717, 1.165) is 6.07 Å². The van der Waals surface area contributed by atoms with Crippen molar-refractivity contribution in [3.05, 3.63) is 68.2 Å². The molecule has 0 spiro atoms. The third-order valence-electron chi connectivity index (χ3n) is 3.23. The Kier molecular flexibility index (Phi) is 6.00. The standard InChI is InChI=1S/C16H14Cl2N2O4/c1-19(7-8-24-13-4-2-3-11(17)9-13)16(21)14-6-5-12(18)10-15(14)20(22)23/h2-6,9-10H,7-8H2,1H3. The highest BCUT2D eigenvalue weighted by Crippen LogP contribution is 2.24. The third kappa shape index (κ3) is 4.59. The first-order valence-corrected chi connectivity index (χ1v) is 7.72. The minimum absolute atomic E-state index is 0.0188. The highest BCUT2D eigenvalue weighted by Gasteiger charge is 2.23. The molecular formula is C16H14Cl2N2O4. The number of likely N-dealkylation sites (N-methyl/N-ethyl adjacent to an activating group) is 1. The Morgan fingerprint density at radius 3 is 2.58 bits per heavy atom. The van der Waals surface area contributed by atoms with Crippen molar-refractivity contribution in [2.75, 3.05) is 20.2 Å². The summed E-state index contributed by atoms with van der Waals surface area (Å²) in [5.74, 6) is 0.105.